The quantitative estimate of drug-likeness (QED) is 0.636. The van der Waals surface area contributed by atoms with Crippen molar-refractivity contribution in [3.8, 4) is 0 Å². The van der Waals surface area contributed by atoms with Gasteiger partial charge in [-0.15, -0.1) is 0 Å². The number of aromatic nitrogens is 3. The highest BCUT2D eigenvalue weighted by atomic mass is 16.5. The first kappa shape index (κ1) is 8.65. The van der Waals surface area contributed by atoms with Gasteiger partial charge in [0.1, 0.15) is 6.61 Å². The Morgan fingerprint density at radius 1 is 1.54 bits per heavy atom. The second-order valence-electron chi connectivity index (χ2n) is 3.26. The largest absolute Gasteiger partial charge is 0.372 e. The lowest BCUT2D eigenvalue weighted by Crippen LogP contribution is -2.08. The van der Waals surface area contributed by atoms with E-state index >= 15 is 0 Å². The molecule has 0 saturated heterocycles. The van der Waals surface area contributed by atoms with Crippen LogP contribution in [0.5, 0.6) is 0 Å². The standard InChI is InChI=1S/C8H14N4O/c9-3-4-13-5-7-10-8(12-11-7)6-1-2-6/h6H,1-5,9H2,(H,10,11,12). The van der Waals surface area contributed by atoms with E-state index in [1.54, 1.807) is 0 Å². The van der Waals surface area contributed by atoms with E-state index in [-0.39, 0.29) is 0 Å². The van der Waals surface area contributed by atoms with Gasteiger partial charge in [0.2, 0.25) is 0 Å². The highest BCUT2D eigenvalue weighted by Gasteiger charge is 2.27. The van der Waals surface area contributed by atoms with Crippen molar-refractivity contribution in [2.75, 3.05) is 13.2 Å². The molecule has 72 valence electrons. The summed E-state index contributed by atoms with van der Waals surface area (Å²) in [5.74, 6) is 2.33. The van der Waals surface area contributed by atoms with Crippen LogP contribution >= 0.6 is 0 Å². The monoisotopic (exact) mass is 182 g/mol. The Morgan fingerprint density at radius 3 is 3.08 bits per heavy atom. The molecule has 5 nitrogen and oxygen atoms in total. The maximum Gasteiger partial charge on any atom is 0.153 e. The molecule has 1 fully saturated rings. The van der Waals surface area contributed by atoms with E-state index < -0.39 is 0 Å². The average molecular weight is 182 g/mol. The van der Waals surface area contributed by atoms with Crippen LogP contribution in [-0.4, -0.2) is 28.3 Å². The Morgan fingerprint density at radius 2 is 2.38 bits per heavy atom. The summed E-state index contributed by atoms with van der Waals surface area (Å²) in [5, 5.41) is 6.97. The smallest absolute Gasteiger partial charge is 0.153 e. The zero-order valence-electron chi connectivity index (χ0n) is 7.49. The summed E-state index contributed by atoms with van der Waals surface area (Å²) in [5.41, 5.74) is 5.28. The fourth-order valence-electron chi connectivity index (χ4n) is 1.15. The molecule has 0 aliphatic heterocycles. The van der Waals surface area contributed by atoms with Crippen molar-refractivity contribution in [1.29, 1.82) is 0 Å². The van der Waals surface area contributed by atoms with Gasteiger partial charge in [-0.05, 0) is 12.8 Å². The van der Waals surface area contributed by atoms with E-state index in [2.05, 4.69) is 15.2 Å². The normalized spacial score (nSPS) is 16.4. The summed E-state index contributed by atoms with van der Waals surface area (Å²) in [6.45, 7) is 1.60. The molecule has 5 heteroatoms. The molecule has 1 aliphatic rings. The number of rotatable bonds is 5. The molecule has 0 atom stereocenters. The first-order valence-electron chi connectivity index (χ1n) is 4.59. The van der Waals surface area contributed by atoms with Gasteiger partial charge in [-0.1, -0.05) is 0 Å². The van der Waals surface area contributed by atoms with E-state index in [4.69, 9.17) is 10.5 Å². The molecule has 1 heterocycles. The summed E-state index contributed by atoms with van der Waals surface area (Å²) >= 11 is 0. The van der Waals surface area contributed by atoms with E-state index in [1.165, 1.54) is 12.8 Å². The van der Waals surface area contributed by atoms with Gasteiger partial charge in [0.15, 0.2) is 11.6 Å². The Bertz CT molecular complexity index is 269. The van der Waals surface area contributed by atoms with Crippen molar-refractivity contribution < 1.29 is 4.74 Å². The maximum absolute atomic E-state index is 5.28. The van der Waals surface area contributed by atoms with Crippen LogP contribution in [0.25, 0.3) is 0 Å². The minimum Gasteiger partial charge on any atom is -0.372 e. The molecular formula is C8H14N4O. The lowest BCUT2D eigenvalue weighted by Gasteiger charge is -1.96. The molecule has 0 bridgehead atoms. The Balaban J connectivity index is 1.82. The van der Waals surface area contributed by atoms with Gasteiger partial charge in [-0.25, -0.2) is 4.98 Å². The van der Waals surface area contributed by atoms with Crippen molar-refractivity contribution in [3.63, 3.8) is 0 Å². The summed E-state index contributed by atoms with van der Waals surface area (Å²) in [6, 6.07) is 0. The summed E-state index contributed by atoms with van der Waals surface area (Å²) < 4.78 is 5.22. The van der Waals surface area contributed by atoms with Gasteiger partial charge >= 0.3 is 0 Å². The van der Waals surface area contributed by atoms with Crippen LogP contribution in [0.1, 0.15) is 30.4 Å². The number of nitrogens with one attached hydrogen (secondary N) is 1. The third kappa shape index (κ3) is 2.26. The molecule has 1 aromatic rings. The fraction of sp³-hybridized carbons (Fsp3) is 0.750. The fourth-order valence-corrected chi connectivity index (χ4v) is 1.15. The summed E-state index contributed by atoms with van der Waals surface area (Å²) in [7, 11) is 0. The van der Waals surface area contributed by atoms with Crippen LogP contribution in [0.15, 0.2) is 0 Å². The van der Waals surface area contributed by atoms with Crippen molar-refractivity contribution in [1.82, 2.24) is 15.2 Å². The minimum atomic E-state index is 0.483. The predicted octanol–water partition coefficient (Wildman–Crippen LogP) is 0.157. The van der Waals surface area contributed by atoms with Crippen molar-refractivity contribution in [2.24, 2.45) is 5.73 Å². The number of hydrogen-bond acceptors (Lipinski definition) is 4. The number of nitrogens with two attached hydrogens (primary N) is 1. The molecule has 0 unspecified atom stereocenters. The third-order valence-electron chi connectivity index (χ3n) is 1.99. The zero-order valence-corrected chi connectivity index (χ0v) is 7.49. The van der Waals surface area contributed by atoms with Crippen LogP contribution in [0.4, 0.5) is 0 Å². The first-order valence-corrected chi connectivity index (χ1v) is 4.59. The highest BCUT2D eigenvalue weighted by molar-refractivity contribution is 5.04. The van der Waals surface area contributed by atoms with E-state index in [0.717, 1.165) is 11.6 Å². The Kier molecular flexibility index (Phi) is 2.56. The van der Waals surface area contributed by atoms with Crippen LogP contribution in [0, 0.1) is 0 Å². The lowest BCUT2D eigenvalue weighted by molar-refractivity contribution is 0.123. The summed E-state index contributed by atoms with van der Waals surface area (Å²) in [6.07, 6.45) is 2.45. The SMILES string of the molecule is NCCOCc1nc(C2CC2)n[nH]1. The molecule has 0 amide bonds. The third-order valence-corrected chi connectivity index (χ3v) is 1.99. The zero-order chi connectivity index (χ0) is 9.10. The second-order valence-corrected chi connectivity index (χ2v) is 3.26. The van der Waals surface area contributed by atoms with Crippen LogP contribution < -0.4 is 5.73 Å². The van der Waals surface area contributed by atoms with Gasteiger partial charge in [0.05, 0.1) is 6.61 Å². The van der Waals surface area contributed by atoms with Gasteiger partial charge in [0.25, 0.3) is 0 Å². The molecule has 1 aromatic heterocycles. The Hall–Kier alpha value is -0.940. The van der Waals surface area contributed by atoms with Crippen LogP contribution in [0.2, 0.25) is 0 Å². The van der Waals surface area contributed by atoms with Crippen molar-refractivity contribution >= 4 is 0 Å². The molecule has 1 aliphatic carbocycles. The van der Waals surface area contributed by atoms with E-state index in [9.17, 15) is 0 Å². The second kappa shape index (κ2) is 3.85. The van der Waals surface area contributed by atoms with Crippen molar-refractivity contribution in [2.45, 2.75) is 25.4 Å². The molecule has 0 radical (unpaired) electrons. The van der Waals surface area contributed by atoms with E-state index in [1.807, 2.05) is 0 Å². The number of H-pyrrole nitrogens is 1. The minimum absolute atomic E-state index is 0.483. The number of ether oxygens (including phenoxy) is 1. The number of aromatic amines is 1. The molecule has 0 spiro atoms. The van der Waals surface area contributed by atoms with E-state index in [0.29, 0.717) is 25.7 Å². The van der Waals surface area contributed by atoms with Crippen LogP contribution in [-0.2, 0) is 11.3 Å². The van der Waals surface area contributed by atoms with Crippen LogP contribution in [0.3, 0.4) is 0 Å². The van der Waals surface area contributed by atoms with Gasteiger partial charge in [-0.3, -0.25) is 5.10 Å². The molecule has 3 N–H and O–H groups in total. The summed E-state index contributed by atoms with van der Waals surface area (Å²) in [4.78, 5) is 4.31. The molecule has 2 rings (SSSR count). The van der Waals surface area contributed by atoms with Gasteiger partial charge in [-0.2, -0.15) is 5.10 Å². The first-order chi connectivity index (χ1) is 6.40. The Labute approximate surface area is 76.7 Å². The van der Waals surface area contributed by atoms with Gasteiger partial charge in [0, 0.05) is 12.5 Å². The molecular weight excluding hydrogens is 168 g/mol. The number of hydrogen-bond donors (Lipinski definition) is 2. The number of nitrogens with zero attached hydrogens (tertiary/aromatic N) is 2. The van der Waals surface area contributed by atoms with Gasteiger partial charge < -0.3 is 10.5 Å². The van der Waals surface area contributed by atoms with Crippen molar-refractivity contribution in [3.05, 3.63) is 11.6 Å². The highest BCUT2D eigenvalue weighted by Crippen LogP contribution is 2.37. The average Bonchev–Trinajstić information content (AvgIpc) is 2.88. The topological polar surface area (TPSA) is 76.8 Å². The maximum atomic E-state index is 5.28. The molecule has 13 heavy (non-hydrogen) atoms. The lowest BCUT2D eigenvalue weighted by atomic mass is 10.4. The predicted molar refractivity (Wildman–Crippen MR) is 47.1 cm³/mol. The molecule has 1 saturated carbocycles. The molecule has 0 aromatic carbocycles.